The van der Waals surface area contributed by atoms with E-state index in [9.17, 15) is 51.4 Å². The number of hydrogen-bond donors (Lipinski definition) is 3. The number of carbonyl (C=O) groups is 3. The van der Waals surface area contributed by atoms with E-state index < -0.39 is 88.8 Å². The fourth-order valence-corrected chi connectivity index (χ4v) is 11.2. The van der Waals surface area contributed by atoms with Crippen molar-refractivity contribution in [3.8, 4) is 5.75 Å². The van der Waals surface area contributed by atoms with Gasteiger partial charge in [0.25, 0.3) is 11.4 Å². The molecule has 0 aromatic heterocycles. The number of unbranched alkanes of at least 4 members (excludes halogenated alkanes) is 1. The maximum absolute atomic E-state index is 14.3. The predicted molar refractivity (Wildman–Crippen MR) is 265 cm³/mol. The monoisotopic (exact) mass is 1020 g/mol. The normalized spacial score (nSPS) is 13.1. The first-order valence-electron chi connectivity index (χ1n) is 23.0. The molecule has 0 radical (unpaired) electrons. The Morgan fingerprint density at radius 2 is 1.33 bits per heavy atom. The standard InChI is InChI=1S/C46H69N7O13S2Si/c1-9-17-43(54)49-38(34-36-22-24-37(25-23-36)66-46(3,4)5)44(55)47-28-16-29-50(67(61,62)41-20-12-10-18-39(41)52(57)58)31-26-35(2)51(68(63,64)42-21-13-11-19-40(42)53(59)60)30-15-14-27-48-45(56)65-32-33-69(6,7)8/h10-13,18-25,35,38H,9,14-17,26-34H2,1-8H3,(H,47,55)(H,48,56)(H,49,54). The van der Waals surface area contributed by atoms with E-state index in [4.69, 9.17) is 9.47 Å². The van der Waals surface area contributed by atoms with Gasteiger partial charge in [-0.15, -0.1) is 0 Å². The molecule has 0 heterocycles. The van der Waals surface area contributed by atoms with E-state index in [1.165, 1.54) is 31.2 Å². The average molecular weight is 1020 g/mol. The summed E-state index contributed by atoms with van der Waals surface area (Å²) < 4.78 is 70.5. The highest BCUT2D eigenvalue weighted by Gasteiger charge is 2.36. The number of carbonyl (C=O) groups excluding carboxylic acids is 3. The number of benzene rings is 3. The van der Waals surface area contributed by atoms with Crippen LogP contribution in [-0.2, 0) is 40.8 Å². The Bertz CT molecular complexity index is 2430. The third-order valence-electron chi connectivity index (χ3n) is 10.6. The van der Waals surface area contributed by atoms with Gasteiger partial charge in [-0.2, -0.15) is 8.61 Å². The third-order valence-corrected chi connectivity index (χ3v) is 16.3. The fourth-order valence-electron chi connectivity index (χ4n) is 6.98. The van der Waals surface area contributed by atoms with E-state index >= 15 is 0 Å². The lowest BCUT2D eigenvalue weighted by Gasteiger charge is -2.30. The molecule has 3 aromatic rings. The van der Waals surface area contributed by atoms with Gasteiger partial charge in [0, 0.05) is 71.8 Å². The minimum absolute atomic E-state index is 0.000246. The van der Waals surface area contributed by atoms with Crippen LogP contribution in [0.1, 0.15) is 78.7 Å². The number of nitro groups is 2. The lowest BCUT2D eigenvalue weighted by Crippen LogP contribution is -2.48. The van der Waals surface area contributed by atoms with Crippen LogP contribution < -0.4 is 20.7 Å². The largest absolute Gasteiger partial charge is 0.488 e. The highest BCUT2D eigenvalue weighted by molar-refractivity contribution is 7.89. The molecule has 2 atom stereocenters. The molecule has 3 amide bonds. The van der Waals surface area contributed by atoms with Gasteiger partial charge in [0.2, 0.25) is 31.9 Å². The number of nitro benzene ring substituents is 2. The summed E-state index contributed by atoms with van der Waals surface area (Å²) in [5, 5.41) is 32.2. The minimum Gasteiger partial charge on any atom is -0.488 e. The molecule has 3 rings (SSSR count). The Kier molecular flexibility index (Phi) is 22.2. The molecule has 20 nitrogen and oxygen atoms in total. The van der Waals surface area contributed by atoms with Crippen LogP contribution >= 0.6 is 0 Å². The molecule has 23 heteroatoms. The van der Waals surface area contributed by atoms with Gasteiger partial charge in [-0.25, -0.2) is 21.6 Å². The lowest BCUT2D eigenvalue weighted by atomic mass is 10.0. The molecule has 0 aliphatic heterocycles. The second-order valence-corrected chi connectivity index (χ2v) is 28.2. The van der Waals surface area contributed by atoms with Crippen molar-refractivity contribution < 1.29 is 50.5 Å². The summed E-state index contributed by atoms with van der Waals surface area (Å²) in [6.07, 6.45) is 0.578. The summed E-state index contributed by atoms with van der Waals surface area (Å²) in [4.78, 5) is 59.9. The Hall–Kier alpha value is -5.49. The predicted octanol–water partition coefficient (Wildman–Crippen LogP) is 7.02. The Morgan fingerprint density at radius 3 is 1.88 bits per heavy atom. The zero-order valence-electron chi connectivity index (χ0n) is 40.9. The highest BCUT2D eigenvalue weighted by atomic mass is 32.2. The number of amides is 3. The van der Waals surface area contributed by atoms with E-state index in [1.807, 2.05) is 27.7 Å². The van der Waals surface area contributed by atoms with Crippen molar-refractivity contribution >= 4 is 57.4 Å². The summed E-state index contributed by atoms with van der Waals surface area (Å²) in [5.74, 6) is -0.229. The molecule has 0 saturated heterocycles. The first-order valence-corrected chi connectivity index (χ1v) is 29.6. The molecular formula is C46H69N7O13S2Si. The average Bonchev–Trinajstić information content (AvgIpc) is 3.26. The van der Waals surface area contributed by atoms with E-state index in [1.54, 1.807) is 24.3 Å². The van der Waals surface area contributed by atoms with Crippen molar-refractivity contribution in [2.75, 3.05) is 39.3 Å². The molecule has 0 bridgehead atoms. The fraction of sp³-hybridized carbons (Fsp3) is 0.543. The molecule has 3 aromatic carbocycles. The highest BCUT2D eigenvalue weighted by Crippen LogP contribution is 2.30. The molecule has 2 unspecified atom stereocenters. The van der Waals surface area contributed by atoms with Gasteiger partial charge < -0.3 is 25.4 Å². The van der Waals surface area contributed by atoms with Crippen LogP contribution in [0.4, 0.5) is 16.2 Å². The number of para-hydroxylation sites is 2. The van der Waals surface area contributed by atoms with Gasteiger partial charge in [0.15, 0.2) is 9.79 Å². The first-order chi connectivity index (χ1) is 32.3. The van der Waals surface area contributed by atoms with Crippen molar-refractivity contribution in [3.63, 3.8) is 0 Å². The smallest absolute Gasteiger partial charge is 0.407 e. The van der Waals surface area contributed by atoms with Crippen LogP contribution in [0.5, 0.6) is 5.75 Å². The zero-order chi connectivity index (χ0) is 51.6. The van der Waals surface area contributed by atoms with Gasteiger partial charge in [0.05, 0.1) is 16.5 Å². The molecular weight excluding hydrogens is 951 g/mol. The summed E-state index contributed by atoms with van der Waals surface area (Å²) in [7, 11) is -10.7. The van der Waals surface area contributed by atoms with Crippen LogP contribution in [0.15, 0.2) is 82.6 Å². The zero-order valence-corrected chi connectivity index (χ0v) is 43.5. The maximum atomic E-state index is 14.3. The number of ether oxygens (including phenoxy) is 2. The molecule has 0 aliphatic rings. The molecule has 69 heavy (non-hydrogen) atoms. The third kappa shape index (κ3) is 19.1. The Labute approximate surface area is 407 Å². The van der Waals surface area contributed by atoms with E-state index in [-0.39, 0.29) is 77.3 Å². The number of sulfonamides is 2. The quantitative estimate of drug-likeness (QED) is 0.0273. The van der Waals surface area contributed by atoms with E-state index in [2.05, 4.69) is 35.6 Å². The van der Waals surface area contributed by atoms with Crippen molar-refractivity contribution in [1.82, 2.24) is 24.6 Å². The van der Waals surface area contributed by atoms with Crippen LogP contribution in [0.3, 0.4) is 0 Å². The molecule has 0 aliphatic carbocycles. The van der Waals surface area contributed by atoms with Crippen molar-refractivity contribution in [2.24, 2.45) is 0 Å². The van der Waals surface area contributed by atoms with Crippen molar-refractivity contribution in [3.05, 3.63) is 98.6 Å². The maximum Gasteiger partial charge on any atom is 0.407 e. The van der Waals surface area contributed by atoms with Crippen LogP contribution in [0, 0.1) is 20.2 Å². The Balaban J connectivity index is 1.86. The summed E-state index contributed by atoms with van der Waals surface area (Å²) in [6, 6.07) is 15.6. The van der Waals surface area contributed by atoms with Gasteiger partial charge >= 0.3 is 6.09 Å². The SMILES string of the molecule is CCCC(=O)NC(Cc1ccc(OC(C)(C)C)cc1)C(=O)NCCCN(CCC(C)N(CCCCNC(=O)OCC[Si](C)(C)C)S(=O)(=O)c1ccccc1[N+](=O)[O-])S(=O)(=O)c1ccccc1[N+](=O)[O-]. The van der Waals surface area contributed by atoms with Gasteiger partial charge in [0.1, 0.15) is 17.4 Å². The van der Waals surface area contributed by atoms with Crippen molar-refractivity contribution in [2.45, 2.75) is 133 Å². The second-order valence-electron chi connectivity index (χ2n) is 18.8. The number of nitrogens with one attached hydrogen (secondary N) is 3. The first kappa shape index (κ1) is 57.8. The van der Waals surface area contributed by atoms with Gasteiger partial charge in [-0.3, -0.25) is 29.8 Å². The van der Waals surface area contributed by atoms with Gasteiger partial charge in [-0.05, 0) is 95.7 Å². The topological polar surface area (TPSA) is 267 Å². The number of alkyl carbamates (subject to hydrolysis) is 1. The van der Waals surface area contributed by atoms with Crippen LogP contribution in [0.2, 0.25) is 25.7 Å². The lowest BCUT2D eigenvalue weighted by molar-refractivity contribution is -0.388. The Morgan fingerprint density at radius 1 is 0.768 bits per heavy atom. The number of rotatable bonds is 29. The molecule has 382 valence electrons. The molecule has 3 N–H and O–H groups in total. The minimum atomic E-state index is -4.64. The van der Waals surface area contributed by atoms with E-state index in [0.717, 1.165) is 44.5 Å². The van der Waals surface area contributed by atoms with Crippen LogP contribution in [0.25, 0.3) is 0 Å². The van der Waals surface area contributed by atoms with Gasteiger partial charge in [-0.1, -0.05) is 63.0 Å². The van der Waals surface area contributed by atoms with E-state index in [0.29, 0.717) is 18.6 Å². The summed E-state index contributed by atoms with van der Waals surface area (Å²) in [6.45, 7) is 15.1. The van der Waals surface area contributed by atoms with Crippen molar-refractivity contribution in [1.29, 1.82) is 0 Å². The number of nitrogens with zero attached hydrogens (tertiary/aromatic N) is 4. The molecule has 0 fully saturated rings. The molecule has 0 spiro atoms. The summed E-state index contributed by atoms with van der Waals surface area (Å²) >= 11 is 0. The second kappa shape index (κ2) is 26.5. The van der Waals surface area contributed by atoms with Crippen LogP contribution in [-0.4, -0.2) is 118 Å². The summed E-state index contributed by atoms with van der Waals surface area (Å²) in [5.41, 5.74) is -1.02. The number of hydrogen-bond acceptors (Lipinski definition) is 13. The molecule has 0 saturated carbocycles.